The van der Waals surface area contributed by atoms with Crippen molar-refractivity contribution in [3.05, 3.63) is 28.7 Å². The van der Waals surface area contributed by atoms with Crippen molar-refractivity contribution >= 4 is 23.0 Å². The lowest BCUT2D eigenvalue weighted by atomic mass is 10.2. The smallest absolute Gasteiger partial charge is 0.205 e. The molecule has 0 aliphatic heterocycles. The van der Waals surface area contributed by atoms with Crippen molar-refractivity contribution in [1.82, 2.24) is 9.97 Å². The van der Waals surface area contributed by atoms with Crippen molar-refractivity contribution in [3.63, 3.8) is 0 Å². The van der Waals surface area contributed by atoms with E-state index in [1.807, 2.05) is 6.07 Å². The van der Waals surface area contributed by atoms with Crippen molar-refractivity contribution in [3.8, 4) is 5.75 Å². The highest BCUT2D eigenvalue weighted by Crippen LogP contribution is 2.33. The maximum absolute atomic E-state index is 5.47. The van der Waals surface area contributed by atoms with E-state index in [-0.39, 0.29) is 6.04 Å². The van der Waals surface area contributed by atoms with Crippen molar-refractivity contribution in [2.45, 2.75) is 26.4 Å². The molecule has 0 saturated carbocycles. The first-order valence-corrected chi connectivity index (χ1v) is 7.20. The second kappa shape index (κ2) is 6.53. The number of aromatic nitrogens is 2. The second-order valence-corrected chi connectivity index (χ2v) is 5.56. The van der Waals surface area contributed by atoms with Crippen LogP contribution in [0.2, 0.25) is 0 Å². The summed E-state index contributed by atoms with van der Waals surface area (Å²) in [4.78, 5) is 11.9. The molecule has 0 aliphatic carbocycles. The van der Waals surface area contributed by atoms with Crippen LogP contribution in [-0.2, 0) is 6.54 Å². The number of nitrogens with zero attached hydrogens (tertiary/aromatic N) is 3. The molecular weight excluding hydrogens is 274 g/mol. The third-order valence-electron chi connectivity index (χ3n) is 2.93. The molecule has 0 amide bonds. The van der Waals surface area contributed by atoms with Crippen molar-refractivity contribution in [1.29, 1.82) is 0 Å². The highest BCUT2D eigenvalue weighted by Gasteiger charge is 2.20. The summed E-state index contributed by atoms with van der Waals surface area (Å²) in [6.07, 6.45) is 1.48. The Labute approximate surface area is 122 Å². The number of methoxy groups -OCH3 is 1. The van der Waals surface area contributed by atoms with Crippen LogP contribution in [0.4, 0.5) is 11.6 Å². The number of thiophene rings is 1. The van der Waals surface area contributed by atoms with Crippen LogP contribution in [0.1, 0.15) is 18.7 Å². The molecule has 0 unspecified atom stereocenters. The molecule has 3 N–H and O–H groups in total. The van der Waals surface area contributed by atoms with Crippen LogP contribution in [0, 0.1) is 0 Å². The quantitative estimate of drug-likeness (QED) is 0.628. The molecule has 2 aromatic rings. The molecule has 6 nitrogen and oxygen atoms in total. The van der Waals surface area contributed by atoms with Crippen LogP contribution in [0.5, 0.6) is 5.75 Å². The highest BCUT2D eigenvalue weighted by atomic mass is 32.1. The van der Waals surface area contributed by atoms with Gasteiger partial charge in [-0.05, 0) is 25.3 Å². The number of nitrogens with two attached hydrogens (primary N) is 1. The average molecular weight is 293 g/mol. The van der Waals surface area contributed by atoms with Gasteiger partial charge in [0.1, 0.15) is 6.33 Å². The van der Waals surface area contributed by atoms with Gasteiger partial charge in [0.05, 0.1) is 13.7 Å². The SMILES string of the molecule is COc1c(NN)ncnc1N(Cc1cccs1)C(C)C. The minimum absolute atomic E-state index is 0.270. The maximum atomic E-state index is 5.47. The van der Waals surface area contributed by atoms with Gasteiger partial charge in [-0.25, -0.2) is 15.8 Å². The Morgan fingerprint density at radius 2 is 2.25 bits per heavy atom. The number of nitrogens with one attached hydrogen (secondary N) is 1. The van der Waals surface area contributed by atoms with Gasteiger partial charge in [-0.1, -0.05) is 6.07 Å². The summed E-state index contributed by atoms with van der Waals surface area (Å²) < 4.78 is 5.41. The molecule has 0 bridgehead atoms. The largest absolute Gasteiger partial charge is 0.490 e. The van der Waals surface area contributed by atoms with E-state index in [0.717, 1.165) is 12.4 Å². The summed E-state index contributed by atoms with van der Waals surface area (Å²) in [5.74, 6) is 7.24. The van der Waals surface area contributed by atoms with Gasteiger partial charge in [0.15, 0.2) is 11.6 Å². The Morgan fingerprint density at radius 3 is 2.80 bits per heavy atom. The number of rotatable bonds is 6. The first-order chi connectivity index (χ1) is 9.67. The zero-order valence-electron chi connectivity index (χ0n) is 11.8. The molecule has 0 aliphatic rings. The van der Waals surface area contributed by atoms with Crippen LogP contribution < -0.4 is 20.9 Å². The molecule has 0 saturated heterocycles. The molecule has 0 aromatic carbocycles. The van der Waals surface area contributed by atoms with E-state index in [0.29, 0.717) is 11.6 Å². The van der Waals surface area contributed by atoms with Gasteiger partial charge >= 0.3 is 0 Å². The van der Waals surface area contributed by atoms with E-state index in [9.17, 15) is 0 Å². The molecule has 20 heavy (non-hydrogen) atoms. The van der Waals surface area contributed by atoms with E-state index < -0.39 is 0 Å². The third-order valence-corrected chi connectivity index (χ3v) is 3.79. The second-order valence-electron chi connectivity index (χ2n) is 4.52. The summed E-state index contributed by atoms with van der Waals surface area (Å²) in [6, 6.07) is 4.42. The van der Waals surface area contributed by atoms with Gasteiger partial charge in [-0.2, -0.15) is 0 Å². The van der Waals surface area contributed by atoms with Gasteiger partial charge in [0.2, 0.25) is 5.75 Å². The predicted octanol–water partition coefficient (Wildman–Crippen LogP) is 2.25. The standard InChI is InChI=1S/C13H19N5OS/c1-9(2)18(7-10-5-4-6-20-10)13-11(19-3)12(17-14)15-8-16-13/h4-6,8-9H,7,14H2,1-3H3,(H,15,16,17). The Kier molecular flexibility index (Phi) is 4.75. The summed E-state index contributed by atoms with van der Waals surface area (Å²) in [7, 11) is 1.59. The normalized spacial score (nSPS) is 10.7. The van der Waals surface area contributed by atoms with Crippen LogP contribution in [0.15, 0.2) is 23.8 Å². The molecule has 0 spiro atoms. The first kappa shape index (κ1) is 14.5. The molecule has 7 heteroatoms. The van der Waals surface area contributed by atoms with Gasteiger partial charge in [0.25, 0.3) is 0 Å². The summed E-state index contributed by atoms with van der Waals surface area (Å²) in [5.41, 5.74) is 2.54. The topological polar surface area (TPSA) is 76.3 Å². The number of ether oxygens (including phenoxy) is 1. The zero-order chi connectivity index (χ0) is 14.5. The molecular formula is C13H19N5OS. The van der Waals surface area contributed by atoms with Gasteiger partial charge < -0.3 is 15.1 Å². The first-order valence-electron chi connectivity index (χ1n) is 6.32. The molecule has 108 valence electrons. The molecule has 2 aromatic heterocycles. The fourth-order valence-electron chi connectivity index (χ4n) is 1.93. The third kappa shape index (κ3) is 3.00. The fourth-order valence-corrected chi connectivity index (χ4v) is 2.63. The lowest BCUT2D eigenvalue weighted by molar-refractivity contribution is 0.410. The van der Waals surface area contributed by atoms with Gasteiger partial charge in [0, 0.05) is 10.9 Å². The lowest BCUT2D eigenvalue weighted by Gasteiger charge is -2.28. The molecule has 2 heterocycles. The summed E-state index contributed by atoms with van der Waals surface area (Å²) in [6.45, 7) is 5.00. The van der Waals surface area contributed by atoms with Crippen LogP contribution in [0.3, 0.4) is 0 Å². The highest BCUT2D eigenvalue weighted by molar-refractivity contribution is 7.09. The minimum Gasteiger partial charge on any atom is -0.490 e. The number of nitrogen functional groups attached to an aromatic ring is 1. The van der Waals surface area contributed by atoms with Gasteiger partial charge in [-0.3, -0.25) is 0 Å². The van der Waals surface area contributed by atoms with E-state index in [2.05, 4.69) is 45.6 Å². The summed E-state index contributed by atoms with van der Waals surface area (Å²) in [5, 5.41) is 2.07. The maximum Gasteiger partial charge on any atom is 0.205 e. The van der Waals surface area contributed by atoms with Crippen molar-refractivity contribution in [2.75, 3.05) is 17.4 Å². The van der Waals surface area contributed by atoms with E-state index in [4.69, 9.17) is 10.6 Å². The minimum atomic E-state index is 0.270. The average Bonchev–Trinajstić information content (AvgIpc) is 2.96. The van der Waals surface area contributed by atoms with Crippen molar-refractivity contribution in [2.24, 2.45) is 5.84 Å². The number of hydrazine groups is 1. The van der Waals surface area contributed by atoms with E-state index in [1.54, 1.807) is 18.4 Å². The van der Waals surface area contributed by atoms with Crippen LogP contribution in [0.25, 0.3) is 0 Å². The molecule has 0 atom stereocenters. The molecule has 0 radical (unpaired) electrons. The number of anilines is 2. The number of hydrogen-bond donors (Lipinski definition) is 2. The van der Waals surface area contributed by atoms with Crippen molar-refractivity contribution < 1.29 is 4.74 Å². The van der Waals surface area contributed by atoms with E-state index >= 15 is 0 Å². The Bertz CT molecular complexity index is 544. The number of hydrogen-bond acceptors (Lipinski definition) is 7. The van der Waals surface area contributed by atoms with Crippen LogP contribution >= 0.6 is 11.3 Å². The fraction of sp³-hybridized carbons (Fsp3) is 0.385. The van der Waals surface area contributed by atoms with Gasteiger partial charge in [-0.15, -0.1) is 11.3 Å². The Hall–Kier alpha value is -1.86. The molecule has 2 rings (SSSR count). The predicted molar refractivity (Wildman–Crippen MR) is 82.0 cm³/mol. The lowest BCUT2D eigenvalue weighted by Crippen LogP contribution is -2.31. The Morgan fingerprint density at radius 1 is 1.45 bits per heavy atom. The zero-order valence-corrected chi connectivity index (χ0v) is 12.6. The molecule has 0 fully saturated rings. The monoisotopic (exact) mass is 293 g/mol. The Balaban J connectivity index is 2.38. The van der Waals surface area contributed by atoms with Crippen LogP contribution in [-0.4, -0.2) is 23.1 Å². The van der Waals surface area contributed by atoms with E-state index in [1.165, 1.54) is 11.2 Å². The summed E-state index contributed by atoms with van der Waals surface area (Å²) >= 11 is 1.72.